The van der Waals surface area contributed by atoms with Crippen molar-refractivity contribution < 1.29 is 19.4 Å². The van der Waals surface area contributed by atoms with Gasteiger partial charge >= 0.3 is 5.97 Å². The van der Waals surface area contributed by atoms with Crippen molar-refractivity contribution in [2.75, 3.05) is 0 Å². The lowest BCUT2D eigenvalue weighted by Crippen LogP contribution is -2.45. The molecule has 0 aromatic rings. The Morgan fingerprint density at radius 3 is 2.57 bits per heavy atom. The number of aliphatic carboxylic acids is 1. The summed E-state index contributed by atoms with van der Waals surface area (Å²) in [6.45, 7) is 0. The molecular formula is C9H14FNO3. The fraction of sp³-hybridized carbons (Fsp3) is 0.667. The normalized spacial score (nSPS) is 31.1. The first kappa shape index (κ1) is 11.1. The van der Waals surface area contributed by atoms with Gasteiger partial charge in [-0.15, -0.1) is 0 Å². The summed E-state index contributed by atoms with van der Waals surface area (Å²) in [5.41, 5.74) is 5.25. The van der Waals surface area contributed by atoms with E-state index < -0.39 is 24.3 Å². The minimum Gasteiger partial charge on any atom is -0.480 e. The van der Waals surface area contributed by atoms with Crippen LogP contribution in [0.1, 0.15) is 12.8 Å². The molecule has 1 aliphatic rings. The number of rotatable bonds is 3. The van der Waals surface area contributed by atoms with Gasteiger partial charge in [-0.25, -0.2) is 4.39 Å². The predicted molar refractivity (Wildman–Crippen MR) is 48.4 cm³/mol. The van der Waals surface area contributed by atoms with Crippen molar-refractivity contribution in [1.82, 2.24) is 0 Å². The minimum atomic E-state index is -1.30. The molecule has 4 nitrogen and oxygen atoms in total. The van der Waals surface area contributed by atoms with Crippen LogP contribution in [-0.4, -0.2) is 34.5 Å². The highest BCUT2D eigenvalue weighted by Crippen LogP contribution is 2.23. The van der Waals surface area contributed by atoms with Crippen LogP contribution in [0.4, 0.5) is 4.39 Å². The lowest BCUT2D eigenvalue weighted by atomic mass is 9.87. The van der Waals surface area contributed by atoms with Crippen LogP contribution in [0.15, 0.2) is 12.2 Å². The number of carbonyl (C=O) groups is 1. The predicted octanol–water partition coefficient (Wildman–Crippen LogP) is 0.0635. The SMILES string of the molecule is NC(C(=O)O)C(O)C1C=CC(F)CC1. The fourth-order valence-corrected chi connectivity index (χ4v) is 1.50. The van der Waals surface area contributed by atoms with E-state index in [-0.39, 0.29) is 5.92 Å². The number of aliphatic hydroxyl groups excluding tert-OH is 1. The smallest absolute Gasteiger partial charge is 0.323 e. The van der Waals surface area contributed by atoms with Crippen molar-refractivity contribution in [2.24, 2.45) is 11.7 Å². The minimum absolute atomic E-state index is 0.310. The Morgan fingerprint density at radius 1 is 1.50 bits per heavy atom. The van der Waals surface area contributed by atoms with Gasteiger partial charge in [0, 0.05) is 5.92 Å². The maximum Gasteiger partial charge on any atom is 0.323 e. The van der Waals surface area contributed by atoms with Gasteiger partial charge in [-0.3, -0.25) is 4.79 Å². The molecule has 4 N–H and O–H groups in total. The molecule has 0 radical (unpaired) electrons. The van der Waals surface area contributed by atoms with Gasteiger partial charge in [-0.05, 0) is 12.8 Å². The number of carboxylic acid groups (broad SMARTS) is 1. The van der Waals surface area contributed by atoms with Gasteiger partial charge < -0.3 is 15.9 Å². The quantitative estimate of drug-likeness (QED) is 0.566. The Kier molecular flexibility index (Phi) is 3.60. The highest BCUT2D eigenvalue weighted by Gasteiger charge is 2.30. The van der Waals surface area contributed by atoms with E-state index in [2.05, 4.69) is 0 Å². The third kappa shape index (κ3) is 2.52. The van der Waals surface area contributed by atoms with Crippen LogP contribution < -0.4 is 5.73 Å². The van der Waals surface area contributed by atoms with Crippen molar-refractivity contribution in [1.29, 1.82) is 0 Å². The van der Waals surface area contributed by atoms with E-state index in [4.69, 9.17) is 10.8 Å². The molecule has 0 saturated heterocycles. The van der Waals surface area contributed by atoms with Crippen LogP contribution in [0.3, 0.4) is 0 Å². The third-order valence-electron chi connectivity index (χ3n) is 2.43. The summed E-state index contributed by atoms with van der Waals surface area (Å²) in [5.74, 6) is -1.60. The van der Waals surface area contributed by atoms with Crippen molar-refractivity contribution in [3.63, 3.8) is 0 Å². The summed E-state index contributed by atoms with van der Waals surface area (Å²) in [6.07, 6.45) is 1.45. The van der Waals surface area contributed by atoms with Crippen molar-refractivity contribution in [3.05, 3.63) is 12.2 Å². The van der Waals surface area contributed by atoms with E-state index in [0.717, 1.165) is 0 Å². The lowest BCUT2D eigenvalue weighted by Gasteiger charge is -2.25. The molecule has 0 fully saturated rings. The number of nitrogens with two attached hydrogens (primary N) is 1. The van der Waals surface area contributed by atoms with Crippen LogP contribution in [0.2, 0.25) is 0 Å². The summed E-state index contributed by atoms with van der Waals surface area (Å²) in [6, 6.07) is -1.30. The Bertz CT molecular complexity index is 244. The molecule has 0 heterocycles. The molecule has 0 amide bonds. The van der Waals surface area contributed by atoms with Crippen LogP contribution in [0, 0.1) is 5.92 Å². The van der Waals surface area contributed by atoms with E-state index in [9.17, 15) is 14.3 Å². The molecule has 0 saturated carbocycles. The molecule has 4 atom stereocenters. The van der Waals surface area contributed by atoms with Gasteiger partial charge in [0.15, 0.2) is 0 Å². The Hall–Kier alpha value is -0.940. The van der Waals surface area contributed by atoms with Gasteiger partial charge in [-0.2, -0.15) is 0 Å². The Balaban J connectivity index is 2.57. The molecule has 14 heavy (non-hydrogen) atoms. The maximum absolute atomic E-state index is 12.7. The zero-order chi connectivity index (χ0) is 10.7. The van der Waals surface area contributed by atoms with E-state index in [1.165, 1.54) is 12.2 Å². The molecule has 0 aliphatic heterocycles. The molecular weight excluding hydrogens is 189 g/mol. The zero-order valence-electron chi connectivity index (χ0n) is 7.64. The van der Waals surface area contributed by atoms with Crippen molar-refractivity contribution in [2.45, 2.75) is 31.2 Å². The molecule has 1 aliphatic carbocycles. The molecule has 0 spiro atoms. The first-order chi connectivity index (χ1) is 6.52. The highest BCUT2D eigenvalue weighted by molar-refractivity contribution is 5.74. The summed E-state index contributed by atoms with van der Waals surface area (Å²) >= 11 is 0. The Labute approximate surface area is 81.2 Å². The van der Waals surface area contributed by atoms with Crippen LogP contribution in [0.5, 0.6) is 0 Å². The zero-order valence-corrected chi connectivity index (χ0v) is 7.64. The third-order valence-corrected chi connectivity index (χ3v) is 2.43. The van der Waals surface area contributed by atoms with Gasteiger partial charge in [0.2, 0.25) is 0 Å². The van der Waals surface area contributed by atoms with Crippen LogP contribution in [0.25, 0.3) is 0 Å². The average Bonchev–Trinajstić information content (AvgIpc) is 2.16. The van der Waals surface area contributed by atoms with E-state index >= 15 is 0 Å². The molecule has 0 aromatic heterocycles. The molecule has 4 unspecified atom stereocenters. The monoisotopic (exact) mass is 203 g/mol. The van der Waals surface area contributed by atoms with Gasteiger partial charge in [0.25, 0.3) is 0 Å². The molecule has 1 rings (SSSR count). The van der Waals surface area contributed by atoms with Gasteiger partial charge in [-0.1, -0.05) is 12.2 Å². The van der Waals surface area contributed by atoms with Crippen molar-refractivity contribution >= 4 is 5.97 Å². The largest absolute Gasteiger partial charge is 0.480 e. The number of carboxylic acids is 1. The summed E-state index contributed by atoms with van der Waals surface area (Å²) in [4.78, 5) is 10.5. The molecule has 80 valence electrons. The highest BCUT2D eigenvalue weighted by atomic mass is 19.1. The van der Waals surface area contributed by atoms with Crippen LogP contribution >= 0.6 is 0 Å². The second-order valence-corrected chi connectivity index (χ2v) is 3.50. The van der Waals surface area contributed by atoms with E-state index in [0.29, 0.717) is 12.8 Å². The molecule has 0 bridgehead atoms. The summed E-state index contributed by atoms with van der Waals surface area (Å²) in [5, 5.41) is 18.1. The number of aliphatic hydroxyl groups is 1. The lowest BCUT2D eigenvalue weighted by molar-refractivity contribution is -0.141. The number of hydrogen-bond acceptors (Lipinski definition) is 3. The second kappa shape index (κ2) is 4.52. The van der Waals surface area contributed by atoms with Crippen molar-refractivity contribution in [3.8, 4) is 0 Å². The molecule has 0 aromatic carbocycles. The topological polar surface area (TPSA) is 83.6 Å². The van der Waals surface area contributed by atoms with Crippen LogP contribution in [-0.2, 0) is 4.79 Å². The second-order valence-electron chi connectivity index (χ2n) is 3.50. The van der Waals surface area contributed by atoms with E-state index in [1.807, 2.05) is 0 Å². The fourth-order valence-electron chi connectivity index (χ4n) is 1.50. The summed E-state index contributed by atoms with van der Waals surface area (Å²) in [7, 11) is 0. The average molecular weight is 203 g/mol. The number of alkyl halides is 1. The first-order valence-corrected chi connectivity index (χ1v) is 4.51. The first-order valence-electron chi connectivity index (χ1n) is 4.51. The number of hydrogen-bond donors (Lipinski definition) is 3. The van der Waals surface area contributed by atoms with Gasteiger partial charge in [0.1, 0.15) is 12.2 Å². The standard InChI is InChI=1S/C9H14FNO3/c10-6-3-1-5(2-4-6)8(12)7(11)9(13)14/h1,3,5-8,12H,2,4,11H2,(H,13,14). The summed E-state index contributed by atoms with van der Waals surface area (Å²) < 4.78 is 12.7. The van der Waals surface area contributed by atoms with E-state index in [1.54, 1.807) is 0 Å². The number of allylic oxidation sites excluding steroid dienone is 1. The van der Waals surface area contributed by atoms with Gasteiger partial charge in [0.05, 0.1) is 6.10 Å². The number of halogens is 1. The maximum atomic E-state index is 12.7. The molecule has 5 heteroatoms. The Morgan fingerprint density at radius 2 is 2.14 bits per heavy atom.